The third-order valence-corrected chi connectivity index (χ3v) is 1.18. The van der Waals surface area contributed by atoms with E-state index < -0.39 is 0 Å². The normalized spacial score (nSPS) is 10.5. The Kier molecular flexibility index (Phi) is 0.532. The van der Waals surface area contributed by atoms with Gasteiger partial charge >= 0.3 is 0 Å². The molecule has 2 rings (SSSR count). The first kappa shape index (κ1) is 3.74. The molecule has 0 N–H and O–H groups in total. The predicted molar refractivity (Wildman–Crippen MR) is 31.3 cm³/mol. The number of rotatable bonds is 0. The number of benzene rings is 1. The maximum Gasteiger partial charge on any atom is 0.0484 e. The summed E-state index contributed by atoms with van der Waals surface area (Å²) in [5, 5.41) is 0. The van der Waals surface area contributed by atoms with Crippen molar-refractivity contribution in [3.63, 3.8) is 0 Å². The van der Waals surface area contributed by atoms with Crippen molar-refractivity contribution in [2.24, 2.45) is 0 Å². The summed E-state index contributed by atoms with van der Waals surface area (Å²) in [6, 6.07) is 8.85. The van der Waals surface area contributed by atoms with Crippen molar-refractivity contribution in [3.05, 3.63) is 35.4 Å². The summed E-state index contributed by atoms with van der Waals surface area (Å²) >= 11 is 0. The molecule has 0 heteroatoms. The van der Waals surface area contributed by atoms with E-state index in [-0.39, 0.29) is 0 Å². The maximum atomic E-state index is 3.01. The van der Waals surface area contributed by atoms with E-state index in [0.29, 0.717) is 0 Å². The Bertz CT molecular complexity index is 247. The van der Waals surface area contributed by atoms with Crippen LogP contribution in [0.25, 0.3) is 0 Å². The van der Waals surface area contributed by atoms with Crippen molar-refractivity contribution < 1.29 is 0 Å². The molecule has 1 aliphatic rings. The van der Waals surface area contributed by atoms with Gasteiger partial charge in [-0.15, -0.1) is 0 Å². The van der Waals surface area contributed by atoms with Crippen LogP contribution in [0.15, 0.2) is 18.2 Å². The van der Waals surface area contributed by atoms with Crippen LogP contribution in [0.5, 0.6) is 0 Å². The van der Waals surface area contributed by atoms with E-state index in [9.17, 15) is 0 Å². The highest BCUT2D eigenvalue weighted by atomic mass is 14.0. The second kappa shape index (κ2) is 1.14. The molecule has 0 bridgehead atoms. The van der Waals surface area contributed by atoms with Gasteiger partial charge in [-0.25, -0.2) is 0 Å². The molecule has 1 radical (unpaired) electrons. The van der Waals surface area contributed by atoms with E-state index in [0.717, 1.165) is 11.1 Å². The van der Waals surface area contributed by atoms with Crippen molar-refractivity contribution in [2.45, 2.75) is 0 Å². The molecule has 0 atom stereocenters. The largest absolute Gasteiger partial charge is 0.0603 e. The van der Waals surface area contributed by atoms with Crippen LogP contribution in [0, 0.1) is 17.9 Å². The van der Waals surface area contributed by atoms with Crippen molar-refractivity contribution in [1.29, 1.82) is 0 Å². The summed E-state index contributed by atoms with van der Waals surface area (Å²) in [6.07, 6.45) is 0. The van der Waals surface area contributed by atoms with Crippen molar-refractivity contribution in [2.75, 3.05) is 0 Å². The third kappa shape index (κ3) is 0.313. The molecule has 0 aliphatic heterocycles. The van der Waals surface area contributed by atoms with Gasteiger partial charge in [0, 0.05) is 11.1 Å². The van der Waals surface area contributed by atoms with Gasteiger partial charge in [0.15, 0.2) is 0 Å². The summed E-state index contributed by atoms with van der Waals surface area (Å²) in [7, 11) is 0. The van der Waals surface area contributed by atoms with Crippen LogP contribution >= 0.6 is 0 Å². The highest BCUT2D eigenvalue weighted by Crippen LogP contribution is 2.10. The number of hydrogen-bond acceptors (Lipinski definition) is 0. The highest BCUT2D eigenvalue weighted by molar-refractivity contribution is 5.59. The molecule has 0 spiro atoms. The Hall–Kier alpha value is -1.22. The number of hydrogen-bond donors (Lipinski definition) is 0. The lowest BCUT2D eigenvalue weighted by molar-refractivity contribution is 1.53. The van der Waals surface area contributed by atoms with Gasteiger partial charge in [-0.1, -0.05) is 24.0 Å². The average Bonchev–Trinajstić information content (AvgIpc) is 1.72. The molecule has 0 aromatic heterocycles. The Morgan fingerprint density at radius 3 is 2.62 bits per heavy atom. The molecular formula is C8H3. The van der Waals surface area contributed by atoms with Gasteiger partial charge in [0.05, 0.1) is 0 Å². The molecule has 0 nitrogen and oxygen atoms in total. The smallest absolute Gasteiger partial charge is 0.0484 e. The maximum absolute atomic E-state index is 3.01. The van der Waals surface area contributed by atoms with Gasteiger partial charge < -0.3 is 0 Å². The van der Waals surface area contributed by atoms with Gasteiger partial charge in [-0.05, 0) is 12.1 Å². The van der Waals surface area contributed by atoms with E-state index >= 15 is 0 Å². The van der Waals surface area contributed by atoms with Crippen LogP contribution in [0.3, 0.4) is 0 Å². The van der Waals surface area contributed by atoms with Crippen LogP contribution in [0.1, 0.15) is 11.1 Å². The SMILES string of the molecule is C1#Cc2ccc[c]c21. The standard InChI is InChI=1S/C8H3/c1-2-4-8-6-5-7(8)3-1/h1-3H. The molecule has 0 amide bonds. The van der Waals surface area contributed by atoms with Crippen molar-refractivity contribution >= 4 is 0 Å². The van der Waals surface area contributed by atoms with E-state index in [1.165, 1.54) is 0 Å². The van der Waals surface area contributed by atoms with Crippen LogP contribution in [-0.4, -0.2) is 0 Å². The fraction of sp³-hybridized carbons (Fsp3) is 0. The molecule has 0 saturated carbocycles. The van der Waals surface area contributed by atoms with Gasteiger partial charge in [0.2, 0.25) is 0 Å². The van der Waals surface area contributed by atoms with Crippen LogP contribution in [-0.2, 0) is 0 Å². The summed E-state index contributed by atoms with van der Waals surface area (Å²) in [5.74, 6) is 5.79. The summed E-state index contributed by atoms with van der Waals surface area (Å²) < 4.78 is 0. The minimum atomic E-state index is 1.06. The second-order valence-electron chi connectivity index (χ2n) is 1.71. The van der Waals surface area contributed by atoms with Crippen LogP contribution in [0.2, 0.25) is 0 Å². The topological polar surface area (TPSA) is 0 Å². The summed E-state index contributed by atoms with van der Waals surface area (Å²) in [4.78, 5) is 0. The summed E-state index contributed by atoms with van der Waals surface area (Å²) in [5.41, 5.74) is 2.19. The van der Waals surface area contributed by atoms with Gasteiger partial charge in [-0.2, -0.15) is 0 Å². The van der Waals surface area contributed by atoms with E-state index in [4.69, 9.17) is 0 Å². The van der Waals surface area contributed by atoms with E-state index in [2.05, 4.69) is 17.9 Å². The second-order valence-corrected chi connectivity index (χ2v) is 1.71. The zero-order valence-electron chi connectivity index (χ0n) is 4.23. The molecule has 8 heavy (non-hydrogen) atoms. The lowest BCUT2D eigenvalue weighted by Crippen LogP contribution is -1.89. The van der Waals surface area contributed by atoms with Gasteiger partial charge in [-0.3, -0.25) is 0 Å². The minimum Gasteiger partial charge on any atom is -0.0603 e. The fourth-order valence-corrected chi connectivity index (χ4v) is 0.712. The Morgan fingerprint density at radius 1 is 1.25 bits per heavy atom. The molecule has 0 unspecified atom stereocenters. The lowest BCUT2D eigenvalue weighted by Gasteiger charge is -1.99. The van der Waals surface area contributed by atoms with E-state index in [1.807, 2.05) is 18.2 Å². The first-order chi connectivity index (χ1) is 3.97. The molecule has 1 aromatic rings. The lowest BCUT2D eigenvalue weighted by atomic mass is 10.0. The predicted octanol–water partition coefficient (Wildman–Crippen LogP) is 1.20. The molecule has 35 valence electrons. The van der Waals surface area contributed by atoms with Gasteiger partial charge in [0.25, 0.3) is 0 Å². The van der Waals surface area contributed by atoms with Crippen molar-refractivity contribution in [1.82, 2.24) is 0 Å². The Balaban J connectivity index is 2.77. The molecule has 1 aliphatic carbocycles. The quantitative estimate of drug-likeness (QED) is 0.435. The van der Waals surface area contributed by atoms with Crippen LogP contribution < -0.4 is 0 Å². The Morgan fingerprint density at radius 2 is 2.25 bits per heavy atom. The van der Waals surface area contributed by atoms with Gasteiger partial charge in [0.1, 0.15) is 0 Å². The average molecular weight is 99.1 g/mol. The molecular weight excluding hydrogens is 96.1 g/mol. The molecule has 1 aromatic carbocycles. The van der Waals surface area contributed by atoms with Crippen LogP contribution in [0.4, 0.5) is 0 Å². The fourth-order valence-electron chi connectivity index (χ4n) is 0.712. The Labute approximate surface area is 48.2 Å². The zero-order valence-corrected chi connectivity index (χ0v) is 4.23. The monoisotopic (exact) mass is 99.0 g/mol. The zero-order chi connectivity index (χ0) is 5.40. The minimum absolute atomic E-state index is 1.06. The van der Waals surface area contributed by atoms with E-state index in [1.54, 1.807) is 0 Å². The molecule has 0 fully saturated rings. The first-order valence-corrected chi connectivity index (χ1v) is 2.49. The summed E-state index contributed by atoms with van der Waals surface area (Å²) in [6.45, 7) is 0. The number of fused-ring (bicyclic) bond motifs is 1. The van der Waals surface area contributed by atoms with Crippen molar-refractivity contribution in [3.8, 4) is 11.8 Å². The third-order valence-electron chi connectivity index (χ3n) is 1.18. The molecule has 0 heterocycles. The first-order valence-electron chi connectivity index (χ1n) is 2.49. The highest BCUT2D eigenvalue weighted by Gasteiger charge is 2.00. The molecule has 0 saturated heterocycles.